The van der Waals surface area contributed by atoms with E-state index in [1.54, 1.807) is 0 Å². The van der Waals surface area contributed by atoms with Gasteiger partial charge in [0.05, 0.1) is 17.5 Å². The van der Waals surface area contributed by atoms with Crippen LogP contribution in [0.1, 0.15) is 24.0 Å². The molecule has 6 heteroatoms. The highest BCUT2D eigenvalue weighted by atomic mass is 16.2. The van der Waals surface area contributed by atoms with Gasteiger partial charge in [-0.15, -0.1) is 0 Å². The number of imide groups is 1. The van der Waals surface area contributed by atoms with E-state index in [1.165, 1.54) is 4.90 Å². The molecule has 6 nitrogen and oxygen atoms in total. The first kappa shape index (κ1) is 19.0. The van der Waals surface area contributed by atoms with Crippen LogP contribution in [0, 0.1) is 18.8 Å². The van der Waals surface area contributed by atoms with Gasteiger partial charge in [-0.25, -0.2) is 4.90 Å². The predicted molar refractivity (Wildman–Crippen MR) is 125 cm³/mol. The third kappa shape index (κ3) is 2.15. The molecule has 3 aromatic carbocycles. The molecule has 1 N–H and O–H groups in total. The second-order valence-electron chi connectivity index (χ2n) is 9.69. The normalized spacial score (nSPS) is 30.3. The van der Waals surface area contributed by atoms with E-state index in [4.69, 9.17) is 0 Å². The highest BCUT2D eigenvalue weighted by Crippen LogP contribution is 2.61. The van der Waals surface area contributed by atoms with Crippen LogP contribution in [0.2, 0.25) is 0 Å². The number of hydrogen-bond donors (Lipinski definition) is 1. The molecule has 3 saturated heterocycles. The van der Waals surface area contributed by atoms with Gasteiger partial charge in [0.15, 0.2) is 0 Å². The summed E-state index contributed by atoms with van der Waals surface area (Å²) in [5, 5.41) is 4.88. The summed E-state index contributed by atoms with van der Waals surface area (Å²) in [4.78, 5) is 45.4. The molecule has 3 aromatic rings. The van der Waals surface area contributed by atoms with Crippen LogP contribution >= 0.6 is 0 Å². The summed E-state index contributed by atoms with van der Waals surface area (Å²) >= 11 is 0. The Kier molecular flexibility index (Phi) is 3.62. The van der Waals surface area contributed by atoms with E-state index in [-0.39, 0.29) is 23.8 Å². The van der Waals surface area contributed by atoms with E-state index < -0.39 is 17.4 Å². The molecular formula is C27H23N3O3. The summed E-state index contributed by atoms with van der Waals surface area (Å²) in [5.74, 6) is -1.86. The highest BCUT2D eigenvalue weighted by molar-refractivity contribution is 6.28. The molecule has 0 bridgehead atoms. The zero-order valence-electron chi connectivity index (χ0n) is 18.2. The number of benzene rings is 3. The Bertz CT molecular complexity index is 1390. The maximum absolute atomic E-state index is 14.2. The fourth-order valence-corrected chi connectivity index (χ4v) is 6.96. The molecule has 0 radical (unpaired) electrons. The van der Waals surface area contributed by atoms with Crippen LogP contribution in [0.3, 0.4) is 0 Å². The molecule has 0 aromatic heterocycles. The van der Waals surface area contributed by atoms with Crippen molar-refractivity contribution in [1.82, 2.24) is 4.90 Å². The molecule has 3 fully saturated rings. The summed E-state index contributed by atoms with van der Waals surface area (Å²) < 4.78 is 0. The van der Waals surface area contributed by atoms with Crippen molar-refractivity contribution in [2.24, 2.45) is 11.8 Å². The van der Waals surface area contributed by atoms with E-state index in [0.717, 1.165) is 40.4 Å². The van der Waals surface area contributed by atoms with Gasteiger partial charge in [-0.3, -0.25) is 19.3 Å². The number of nitrogens with one attached hydrogen (secondary N) is 1. The third-order valence-corrected chi connectivity index (χ3v) is 8.16. The van der Waals surface area contributed by atoms with Crippen LogP contribution in [0.5, 0.6) is 0 Å². The Labute approximate surface area is 191 Å². The standard InChI is InChI=1S/C27H23N3O3/c1-15-11-12-19-18(14-15)27(26(33)28-19)23-22(21-10-5-13-29(21)27)24(31)30(25(23)32)20-9-4-7-16-6-2-3-8-17(16)20/h2-4,6-9,11-12,14,21-23H,5,10,13H2,1H3,(H,28,33)/t21-,22+,23-,27-/m0/s1. The van der Waals surface area contributed by atoms with E-state index in [0.29, 0.717) is 12.2 Å². The lowest BCUT2D eigenvalue weighted by Gasteiger charge is -2.36. The molecule has 0 saturated carbocycles. The quantitative estimate of drug-likeness (QED) is 0.591. The predicted octanol–water partition coefficient (Wildman–Crippen LogP) is 3.58. The first-order valence-corrected chi connectivity index (χ1v) is 11.6. The van der Waals surface area contributed by atoms with Crippen molar-refractivity contribution < 1.29 is 14.4 Å². The van der Waals surface area contributed by atoms with Crippen LogP contribution in [0.25, 0.3) is 10.8 Å². The van der Waals surface area contributed by atoms with Gasteiger partial charge >= 0.3 is 0 Å². The van der Waals surface area contributed by atoms with E-state index in [9.17, 15) is 14.4 Å². The van der Waals surface area contributed by atoms with Crippen molar-refractivity contribution in [2.75, 3.05) is 16.8 Å². The molecule has 4 aliphatic heterocycles. The fraction of sp³-hybridized carbons (Fsp3) is 0.296. The molecule has 4 aliphatic rings. The SMILES string of the molecule is Cc1ccc2c(c1)[C@@]1(C(=O)N2)[C@@H]2C(=O)N(c3cccc4ccccc34)C(=O)[C@@H]2[C@@H]2CCCN21. The zero-order chi connectivity index (χ0) is 22.5. The second-order valence-corrected chi connectivity index (χ2v) is 9.69. The van der Waals surface area contributed by atoms with Crippen molar-refractivity contribution in [2.45, 2.75) is 31.3 Å². The van der Waals surface area contributed by atoms with Gasteiger partial charge in [0.25, 0.3) is 0 Å². The Morgan fingerprint density at radius 2 is 1.79 bits per heavy atom. The first-order chi connectivity index (χ1) is 16.0. The van der Waals surface area contributed by atoms with Gasteiger partial charge in [0, 0.05) is 22.7 Å². The number of fused-ring (bicyclic) bond motifs is 8. The molecule has 164 valence electrons. The number of carbonyl (C=O) groups is 3. The lowest BCUT2D eigenvalue weighted by molar-refractivity contribution is -0.135. The van der Waals surface area contributed by atoms with Crippen molar-refractivity contribution in [3.05, 3.63) is 71.8 Å². The molecule has 33 heavy (non-hydrogen) atoms. The fourth-order valence-electron chi connectivity index (χ4n) is 6.96. The summed E-state index contributed by atoms with van der Waals surface area (Å²) in [6.45, 7) is 2.71. The molecular weight excluding hydrogens is 414 g/mol. The lowest BCUT2D eigenvalue weighted by Crippen LogP contribution is -2.54. The van der Waals surface area contributed by atoms with Crippen molar-refractivity contribution >= 4 is 39.9 Å². The Hall–Kier alpha value is -3.51. The van der Waals surface area contributed by atoms with Crippen LogP contribution in [-0.2, 0) is 19.9 Å². The second kappa shape index (κ2) is 6.29. The maximum atomic E-state index is 14.2. The number of aryl methyl sites for hydroxylation is 1. The van der Waals surface area contributed by atoms with Gasteiger partial charge in [0.2, 0.25) is 17.7 Å². The topological polar surface area (TPSA) is 69.7 Å². The van der Waals surface area contributed by atoms with Gasteiger partial charge in [-0.05, 0) is 43.8 Å². The first-order valence-electron chi connectivity index (χ1n) is 11.6. The van der Waals surface area contributed by atoms with Crippen LogP contribution in [-0.4, -0.2) is 35.2 Å². The summed E-state index contributed by atoms with van der Waals surface area (Å²) in [5.41, 5.74) is 2.11. The van der Waals surface area contributed by atoms with Gasteiger partial charge in [-0.1, -0.05) is 54.1 Å². The zero-order valence-corrected chi connectivity index (χ0v) is 18.2. The third-order valence-electron chi connectivity index (χ3n) is 8.16. The van der Waals surface area contributed by atoms with Crippen LogP contribution < -0.4 is 10.2 Å². The monoisotopic (exact) mass is 437 g/mol. The van der Waals surface area contributed by atoms with E-state index >= 15 is 0 Å². The summed E-state index contributed by atoms with van der Waals surface area (Å²) in [7, 11) is 0. The van der Waals surface area contributed by atoms with Gasteiger partial charge in [0.1, 0.15) is 5.54 Å². The number of carbonyl (C=O) groups excluding carboxylic acids is 3. The van der Waals surface area contributed by atoms with Crippen molar-refractivity contribution in [3.8, 4) is 0 Å². The van der Waals surface area contributed by atoms with Crippen molar-refractivity contribution in [3.63, 3.8) is 0 Å². The minimum absolute atomic E-state index is 0.108. The minimum atomic E-state index is -1.13. The molecule has 1 spiro atoms. The molecule has 0 aliphatic carbocycles. The smallest absolute Gasteiger partial charge is 0.250 e. The van der Waals surface area contributed by atoms with Crippen LogP contribution in [0.4, 0.5) is 11.4 Å². The Balaban J connectivity index is 1.46. The number of anilines is 2. The van der Waals surface area contributed by atoms with E-state index in [1.807, 2.05) is 67.6 Å². The van der Waals surface area contributed by atoms with Gasteiger partial charge in [-0.2, -0.15) is 0 Å². The number of nitrogens with zero attached hydrogens (tertiary/aromatic N) is 2. The minimum Gasteiger partial charge on any atom is -0.324 e. The van der Waals surface area contributed by atoms with Crippen molar-refractivity contribution in [1.29, 1.82) is 0 Å². The molecule has 4 heterocycles. The molecule has 0 unspecified atom stereocenters. The summed E-state index contributed by atoms with van der Waals surface area (Å²) in [6.07, 6.45) is 1.74. The highest BCUT2D eigenvalue weighted by Gasteiger charge is 2.74. The number of rotatable bonds is 1. The Morgan fingerprint density at radius 1 is 0.970 bits per heavy atom. The average molecular weight is 437 g/mol. The van der Waals surface area contributed by atoms with E-state index in [2.05, 4.69) is 10.2 Å². The average Bonchev–Trinajstić information content (AvgIpc) is 3.52. The molecule has 7 rings (SSSR count). The molecule has 4 atom stereocenters. The number of amides is 3. The summed E-state index contributed by atoms with van der Waals surface area (Å²) in [6, 6.07) is 19.3. The largest absolute Gasteiger partial charge is 0.324 e. The lowest BCUT2D eigenvalue weighted by atomic mass is 9.75. The number of hydrogen-bond acceptors (Lipinski definition) is 4. The maximum Gasteiger partial charge on any atom is 0.250 e. The van der Waals surface area contributed by atoms with Gasteiger partial charge < -0.3 is 5.32 Å². The van der Waals surface area contributed by atoms with Crippen LogP contribution in [0.15, 0.2) is 60.7 Å². The Morgan fingerprint density at radius 3 is 2.67 bits per heavy atom. The molecule has 3 amide bonds.